The number of hydrogen-bond acceptors (Lipinski definition) is 5. The third-order valence-electron chi connectivity index (χ3n) is 5.03. The van der Waals surface area contributed by atoms with Crippen molar-refractivity contribution in [3.63, 3.8) is 0 Å². The lowest BCUT2D eigenvalue weighted by Crippen LogP contribution is -2.10. The van der Waals surface area contributed by atoms with E-state index in [2.05, 4.69) is 13.2 Å². The van der Waals surface area contributed by atoms with Gasteiger partial charge in [0.05, 0.1) is 0 Å². The van der Waals surface area contributed by atoms with Crippen molar-refractivity contribution < 1.29 is 28.2 Å². The molecule has 0 aliphatic heterocycles. The van der Waals surface area contributed by atoms with E-state index in [1.165, 1.54) is 6.07 Å². The predicted octanol–water partition coefficient (Wildman–Crippen LogP) is 6.76. The Hall–Kier alpha value is -4.71. The number of carbonyl (C=O) groups is 2. The molecule has 0 heterocycles. The second-order valence-electron chi connectivity index (χ2n) is 7.98. The Morgan fingerprint density at radius 3 is 1.97 bits per heavy atom. The predicted molar refractivity (Wildman–Crippen MR) is 144 cm³/mol. The average molecular weight is 499 g/mol. The first-order valence-electron chi connectivity index (χ1n) is 11.5. The fraction of sp³-hybridized carbons (Fsp3) is 0.0968. The van der Waals surface area contributed by atoms with E-state index < -0.39 is 11.9 Å². The Morgan fingerprint density at radius 1 is 0.811 bits per heavy atom. The molecule has 0 spiro atoms. The molecule has 0 aliphatic carbocycles. The topological polar surface area (TPSA) is 61.8 Å². The van der Waals surface area contributed by atoms with Crippen LogP contribution in [0.25, 0.3) is 24.3 Å². The van der Waals surface area contributed by atoms with Crippen LogP contribution in [-0.2, 0) is 14.3 Å². The van der Waals surface area contributed by atoms with Crippen molar-refractivity contribution in [1.82, 2.24) is 0 Å². The van der Waals surface area contributed by atoms with Crippen molar-refractivity contribution in [2.45, 2.75) is 6.92 Å². The molecular formula is C31H27FO5. The van der Waals surface area contributed by atoms with E-state index in [4.69, 9.17) is 14.2 Å². The number of esters is 2. The van der Waals surface area contributed by atoms with Crippen LogP contribution in [0.2, 0.25) is 0 Å². The van der Waals surface area contributed by atoms with Crippen LogP contribution in [-0.4, -0.2) is 25.2 Å². The molecule has 0 atom stereocenters. The maximum Gasteiger partial charge on any atom is 0.338 e. The maximum atomic E-state index is 14.6. The van der Waals surface area contributed by atoms with Gasteiger partial charge in [0.25, 0.3) is 0 Å². The molecule has 3 aromatic carbocycles. The molecule has 0 aliphatic rings. The summed E-state index contributed by atoms with van der Waals surface area (Å²) in [5, 5.41) is 0. The van der Waals surface area contributed by atoms with Gasteiger partial charge in [0, 0.05) is 17.2 Å². The second kappa shape index (κ2) is 13.4. The van der Waals surface area contributed by atoms with Gasteiger partial charge in [-0.15, -0.1) is 0 Å². The van der Waals surface area contributed by atoms with Gasteiger partial charge in [0.15, 0.2) is 0 Å². The number of rotatable bonds is 11. The molecule has 0 fully saturated rings. The van der Waals surface area contributed by atoms with Crippen LogP contribution < -0.4 is 9.47 Å². The van der Waals surface area contributed by atoms with Gasteiger partial charge in [-0.3, -0.25) is 0 Å². The summed E-state index contributed by atoms with van der Waals surface area (Å²) in [4.78, 5) is 22.6. The quantitative estimate of drug-likeness (QED) is 0.0961. The molecule has 6 heteroatoms. The fourth-order valence-electron chi connectivity index (χ4n) is 3.04. The highest BCUT2D eigenvalue weighted by molar-refractivity contribution is 5.88. The van der Waals surface area contributed by atoms with Crippen LogP contribution in [0.1, 0.15) is 29.2 Å². The Kier molecular flexibility index (Phi) is 9.74. The lowest BCUT2D eigenvalue weighted by atomic mass is 10.1. The second-order valence-corrected chi connectivity index (χ2v) is 7.98. The molecule has 0 saturated carbocycles. The normalized spacial score (nSPS) is 10.9. The summed E-state index contributed by atoms with van der Waals surface area (Å²) >= 11 is 0. The third kappa shape index (κ3) is 8.78. The molecule has 188 valence electrons. The van der Waals surface area contributed by atoms with Crippen LogP contribution in [0.3, 0.4) is 0 Å². The van der Waals surface area contributed by atoms with Crippen LogP contribution in [0.4, 0.5) is 4.39 Å². The lowest BCUT2D eigenvalue weighted by Gasteiger charge is -2.06. The summed E-state index contributed by atoms with van der Waals surface area (Å²) in [6.45, 7) is 8.84. The summed E-state index contributed by atoms with van der Waals surface area (Å²) in [7, 11) is 0. The van der Waals surface area contributed by atoms with Crippen molar-refractivity contribution in [2.75, 3.05) is 13.2 Å². The van der Waals surface area contributed by atoms with Crippen LogP contribution in [0, 0.1) is 5.82 Å². The molecule has 0 radical (unpaired) electrons. The maximum absolute atomic E-state index is 14.6. The Morgan fingerprint density at radius 2 is 1.38 bits per heavy atom. The molecule has 0 unspecified atom stereocenters. The van der Waals surface area contributed by atoms with Gasteiger partial charge >= 0.3 is 11.9 Å². The molecule has 0 saturated heterocycles. The minimum absolute atomic E-state index is 0.141. The van der Waals surface area contributed by atoms with Crippen molar-refractivity contribution in [2.24, 2.45) is 0 Å². The monoisotopic (exact) mass is 498 g/mol. The smallest absolute Gasteiger partial charge is 0.338 e. The summed E-state index contributed by atoms with van der Waals surface area (Å²) in [5.41, 5.74) is 3.26. The van der Waals surface area contributed by atoms with E-state index in [-0.39, 0.29) is 19.0 Å². The summed E-state index contributed by atoms with van der Waals surface area (Å²) in [5.74, 6) is -0.241. The van der Waals surface area contributed by atoms with E-state index >= 15 is 0 Å². The van der Waals surface area contributed by atoms with Crippen molar-refractivity contribution in [1.29, 1.82) is 0 Å². The van der Waals surface area contributed by atoms with Gasteiger partial charge in [-0.25, -0.2) is 14.0 Å². The van der Waals surface area contributed by atoms with Crippen LogP contribution in [0.5, 0.6) is 11.5 Å². The summed E-state index contributed by atoms with van der Waals surface area (Å²) < 4.78 is 30.2. The standard InChI is InChI=1S/C31H27FO5/c1-4-30(33)36-20-19-35-27-15-9-23(10-16-27)5-6-25-8-14-26(29(32)21-25)13-7-24-11-17-28(18-12-24)37-31(34)22(2)3/h4-18,21H,1-2,19-20H2,3H3/b6-5+,13-7+. The Labute approximate surface area is 215 Å². The SMILES string of the molecule is C=CC(=O)OCCOc1ccc(/C=C/c2ccc(/C=C/c3ccc(OC(=O)C(=C)C)cc3)c(F)c2)cc1. The van der Waals surface area contributed by atoms with Crippen molar-refractivity contribution in [3.05, 3.63) is 120 Å². The average Bonchev–Trinajstić information content (AvgIpc) is 2.90. The third-order valence-corrected chi connectivity index (χ3v) is 5.03. The van der Waals surface area contributed by atoms with Crippen molar-refractivity contribution >= 4 is 36.2 Å². The highest BCUT2D eigenvalue weighted by atomic mass is 19.1. The molecule has 0 N–H and O–H groups in total. The molecule has 5 nitrogen and oxygen atoms in total. The van der Waals surface area contributed by atoms with Gasteiger partial charge in [-0.1, -0.05) is 73.9 Å². The molecule has 3 aromatic rings. The number of hydrogen-bond donors (Lipinski definition) is 0. The zero-order chi connectivity index (χ0) is 26.6. The molecular weight excluding hydrogens is 471 g/mol. The summed E-state index contributed by atoms with van der Waals surface area (Å²) in [6, 6.07) is 19.3. The highest BCUT2D eigenvalue weighted by Crippen LogP contribution is 2.19. The minimum atomic E-state index is -0.486. The first kappa shape index (κ1) is 26.9. The first-order valence-corrected chi connectivity index (χ1v) is 11.5. The highest BCUT2D eigenvalue weighted by Gasteiger charge is 2.05. The number of benzene rings is 3. The van der Waals surface area contributed by atoms with E-state index in [1.54, 1.807) is 61.5 Å². The van der Waals surface area contributed by atoms with Crippen molar-refractivity contribution in [3.8, 4) is 11.5 Å². The molecule has 0 bridgehead atoms. The van der Waals surface area contributed by atoms with E-state index in [9.17, 15) is 14.0 Å². The molecule has 3 rings (SSSR count). The van der Waals surface area contributed by atoms with E-state index in [0.717, 1.165) is 22.8 Å². The van der Waals surface area contributed by atoms with Gasteiger partial charge in [0.2, 0.25) is 0 Å². The Balaban J connectivity index is 1.54. The van der Waals surface area contributed by atoms with Gasteiger partial charge in [-0.05, 0) is 53.9 Å². The van der Waals surface area contributed by atoms with E-state index in [0.29, 0.717) is 22.6 Å². The van der Waals surface area contributed by atoms with Gasteiger partial charge < -0.3 is 14.2 Å². The van der Waals surface area contributed by atoms with E-state index in [1.807, 2.05) is 30.4 Å². The van der Waals surface area contributed by atoms with Gasteiger partial charge in [-0.2, -0.15) is 0 Å². The molecule has 0 amide bonds. The fourth-order valence-corrected chi connectivity index (χ4v) is 3.04. The molecule has 0 aromatic heterocycles. The number of carbonyl (C=O) groups excluding carboxylic acids is 2. The number of halogens is 1. The molecule has 37 heavy (non-hydrogen) atoms. The first-order chi connectivity index (χ1) is 17.8. The van der Waals surface area contributed by atoms with Crippen LogP contribution >= 0.6 is 0 Å². The minimum Gasteiger partial charge on any atom is -0.490 e. The van der Waals surface area contributed by atoms with Crippen LogP contribution in [0.15, 0.2) is 91.5 Å². The number of ether oxygens (including phenoxy) is 3. The zero-order valence-corrected chi connectivity index (χ0v) is 20.5. The van der Waals surface area contributed by atoms with Gasteiger partial charge in [0.1, 0.15) is 30.5 Å². The summed E-state index contributed by atoms with van der Waals surface area (Å²) in [6.07, 6.45) is 8.28. The largest absolute Gasteiger partial charge is 0.490 e. The zero-order valence-electron chi connectivity index (χ0n) is 20.5. The lowest BCUT2D eigenvalue weighted by molar-refractivity contribution is -0.138. The Bertz CT molecular complexity index is 1320.